The van der Waals surface area contributed by atoms with Gasteiger partial charge in [-0.05, 0) is 42.8 Å². The van der Waals surface area contributed by atoms with Crippen molar-refractivity contribution >= 4 is 11.4 Å². The molecule has 2 rings (SSSR count). The molecule has 2 N–H and O–H groups in total. The van der Waals surface area contributed by atoms with Crippen LogP contribution < -0.4 is 10.6 Å². The summed E-state index contributed by atoms with van der Waals surface area (Å²) in [6, 6.07) is 14.0. The van der Waals surface area contributed by atoms with E-state index in [1.165, 1.54) is 12.1 Å². The quantitative estimate of drug-likeness (QED) is 0.926. The van der Waals surface area contributed by atoms with Crippen molar-refractivity contribution in [2.45, 2.75) is 13.5 Å². The predicted octanol–water partition coefficient (Wildman–Crippen LogP) is 3.31. The highest BCUT2D eigenvalue weighted by molar-refractivity contribution is 5.69. The van der Waals surface area contributed by atoms with Gasteiger partial charge in [0.2, 0.25) is 0 Å². The molecule has 0 heterocycles. The molecule has 0 fully saturated rings. The Morgan fingerprint density at radius 1 is 1.25 bits per heavy atom. The molecular weight excluding hydrogens is 253 g/mol. The number of nitriles is 1. The van der Waals surface area contributed by atoms with Gasteiger partial charge in [0.1, 0.15) is 11.9 Å². The van der Waals surface area contributed by atoms with E-state index in [1.54, 1.807) is 12.1 Å². The van der Waals surface area contributed by atoms with Crippen LogP contribution in [-0.2, 0) is 6.54 Å². The maximum Gasteiger partial charge on any atom is 0.125 e. The van der Waals surface area contributed by atoms with Crippen LogP contribution >= 0.6 is 0 Å². The van der Waals surface area contributed by atoms with Crippen LogP contribution in [0.3, 0.4) is 0 Å². The Morgan fingerprint density at radius 2 is 2.05 bits per heavy atom. The van der Waals surface area contributed by atoms with Gasteiger partial charge < -0.3 is 10.6 Å². The van der Waals surface area contributed by atoms with Crippen LogP contribution in [0, 0.1) is 17.1 Å². The number of benzene rings is 2. The summed E-state index contributed by atoms with van der Waals surface area (Å²) in [5.41, 5.74) is 8.52. The summed E-state index contributed by atoms with van der Waals surface area (Å²) in [5, 5.41) is 9.29. The summed E-state index contributed by atoms with van der Waals surface area (Å²) in [5.74, 6) is -0.293. The molecule has 0 saturated heterocycles. The standard InChI is InChI=1S/C16H16FN3/c1-2-20(15-5-3-4-14(17)9-15)16-7-6-12(10-18)8-13(16)11-19/h3-9H,2,10,18H2,1H3. The van der Waals surface area contributed by atoms with Gasteiger partial charge in [0, 0.05) is 18.8 Å². The molecule has 0 aromatic heterocycles. The molecule has 0 saturated carbocycles. The second-order valence-electron chi connectivity index (χ2n) is 4.39. The molecule has 2 aromatic rings. The van der Waals surface area contributed by atoms with Crippen LogP contribution in [0.5, 0.6) is 0 Å². The minimum atomic E-state index is -0.293. The lowest BCUT2D eigenvalue weighted by Crippen LogP contribution is -2.17. The zero-order valence-corrected chi connectivity index (χ0v) is 11.3. The second kappa shape index (κ2) is 6.18. The molecule has 0 unspecified atom stereocenters. The number of halogens is 1. The monoisotopic (exact) mass is 269 g/mol. The van der Waals surface area contributed by atoms with Crippen LogP contribution in [0.2, 0.25) is 0 Å². The Morgan fingerprint density at radius 3 is 2.65 bits per heavy atom. The van der Waals surface area contributed by atoms with Crippen LogP contribution in [0.1, 0.15) is 18.1 Å². The van der Waals surface area contributed by atoms with Crippen molar-refractivity contribution in [3.63, 3.8) is 0 Å². The van der Waals surface area contributed by atoms with E-state index in [1.807, 2.05) is 30.0 Å². The minimum Gasteiger partial charge on any atom is -0.341 e. The average Bonchev–Trinajstić information content (AvgIpc) is 2.48. The van der Waals surface area contributed by atoms with E-state index in [2.05, 4.69) is 6.07 Å². The van der Waals surface area contributed by atoms with Crippen LogP contribution in [0.15, 0.2) is 42.5 Å². The first-order chi connectivity index (χ1) is 9.69. The van der Waals surface area contributed by atoms with Gasteiger partial charge in [-0.2, -0.15) is 5.26 Å². The predicted molar refractivity (Wildman–Crippen MR) is 78.1 cm³/mol. The van der Waals surface area contributed by atoms with E-state index in [0.717, 1.165) is 16.9 Å². The number of hydrogen-bond donors (Lipinski definition) is 1. The molecule has 0 aliphatic carbocycles. The van der Waals surface area contributed by atoms with E-state index in [4.69, 9.17) is 5.73 Å². The first-order valence-electron chi connectivity index (χ1n) is 6.45. The van der Waals surface area contributed by atoms with Crippen molar-refractivity contribution in [3.05, 3.63) is 59.4 Å². The van der Waals surface area contributed by atoms with Crippen molar-refractivity contribution in [1.29, 1.82) is 5.26 Å². The summed E-state index contributed by atoms with van der Waals surface area (Å²) in [4.78, 5) is 1.90. The fraction of sp³-hybridized carbons (Fsp3) is 0.188. The molecule has 0 aliphatic heterocycles. The molecule has 3 nitrogen and oxygen atoms in total. The van der Waals surface area contributed by atoms with Gasteiger partial charge in [0.15, 0.2) is 0 Å². The third-order valence-corrected chi connectivity index (χ3v) is 3.14. The highest BCUT2D eigenvalue weighted by atomic mass is 19.1. The molecule has 4 heteroatoms. The Balaban J connectivity index is 2.50. The number of nitrogens with two attached hydrogens (primary N) is 1. The third kappa shape index (κ3) is 2.79. The normalized spacial score (nSPS) is 10.1. The molecule has 0 amide bonds. The Labute approximate surface area is 118 Å². The van der Waals surface area contributed by atoms with Crippen LogP contribution in [0.25, 0.3) is 0 Å². The summed E-state index contributed by atoms with van der Waals surface area (Å²) in [6.07, 6.45) is 0. The molecule has 0 atom stereocenters. The van der Waals surface area contributed by atoms with Crippen molar-refractivity contribution in [2.75, 3.05) is 11.4 Å². The van der Waals surface area contributed by atoms with Gasteiger partial charge in [0.25, 0.3) is 0 Å². The molecule has 102 valence electrons. The fourth-order valence-corrected chi connectivity index (χ4v) is 2.17. The van der Waals surface area contributed by atoms with E-state index in [9.17, 15) is 9.65 Å². The molecular formula is C16H16FN3. The highest BCUT2D eigenvalue weighted by Gasteiger charge is 2.12. The Hall–Kier alpha value is -2.38. The summed E-state index contributed by atoms with van der Waals surface area (Å²) < 4.78 is 13.4. The first kappa shape index (κ1) is 14.0. The number of anilines is 2. The first-order valence-corrected chi connectivity index (χ1v) is 6.45. The SMILES string of the molecule is CCN(c1cccc(F)c1)c1ccc(CN)cc1C#N. The molecule has 20 heavy (non-hydrogen) atoms. The van der Waals surface area contributed by atoms with Gasteiger partial charge in [-0.1, -0.05) is 12.1 Å². The lowest BCUT2D eigenvalue weighted by molar-refractivity contribution is 0.627. The number of nitrogens with zero attached hydrogens (tertiary/aromatic N) is 2. The van der Waals surface area contributed by atoms with Gasteiger partial charge in [-0.3, -0.25) is 0 Å². The summed E-state index contributed by atoms with van der Waals surface area (Å²) in [6.45, 7) is 2.99. The zero-order chi connectivity index (χ0) is 14.5. The number of hydrogen-bond acceptors (Lipinski definition) is 3. The zero-order valence-electron chi connectivity index (χ0n) is 11.3. The van der Waals surface area contributed by atoms with Gasteiger partial charge in [0.05, 0.1) is 11.3 Å². The van der Waals surface area contributed by atoms with E-state index in [0.29, 0.717) is 18.7 Å². The molecule has 2 aromatic carbocycles. The van der Waals surface area contributed by atoms with Gasteiger partial charge in [-0.15, -0.1) is 0 Å². The maximum atomic E-state index is 13.4. The summed E-state index contributed by atoms with van der Waals surface area (Å²) >= 11 is 0. The van der Waals surface area contributed by atoms with Crippen molar-refractivity contribution in [1.82, 2.24) is 0 Å². The molecule has 0 radical (unpaired) electrons. The van der Waals surface area contributed by atoms with Crippen LogP contribution in [-0.4, -0.2) is 6.54 Å². The lowest BCUT2D eigenvalue weighted by Gasteiger charge is -2.24. The van der Waals surface area contributed by atoms with Crippen LogP contribution in [0.4, 0.5) is 15.8 Å². The highest BCUT2D eigenvalue weighted by Crippen LogP contribution is 2.29. The van der Waals surface area contributed by atoms with Gasteiger partial charge >= 0.3 is 0 Å². The molecule has 0 bridgehead atoms. The van der Waals surface area contributed by atoms with Gasteiger partial charge in [-0.25, -0.2) is 4.39 Å². The number of rotatable bonds is 4. The van der Waals surface area contributed by atoms with E-state index >= 15 is 0 Å². The van der Waals surface area contributed by atoms with Crippen molar-refractivity contribution < 1.29 is 4.39 Å². The third-order valence-electron chi connectivity index (χ3n) is 3.14. The van der Waals surface area contributed by atoms with E-state index in [-0.39, 0.29) is 5.82 Å². The summed E-state index contributed by atoms with van der Waals surface area (Å²) in [7, 11) is 0. The van der Waals surface area contributed by atoms with Crippen molar-refractivity contribution in [3.8, 4) is 6.07 Å². The maximum absolute atomic E-state index is 13.4. The average molecular weight is 269 g/mol. The Kier molecular flexibility index (Phi) is 4.34. The van der Waals surface area contributed by atoms with Crippen molar-refractivity contribution in [2.24, 2.45) is 5.73 Å². The van der Waals surface area contributed by atoms with E-state index < -0.39 is 0 Å². The fourth-order valence-electron chi connectivity index (χ4n) is 2.17. The minimum absolute atomic E-state index is 0.293. The smallest absolute Gasteiger partial charge is 0.125 e. The Bertz CT molecular complexity index is 646. The molecule has 0 spiro atoms. The lowest BCUT2D eigenvalue weighted by atomic mass is 10.1. The second-order valence-corrected chi connectivity index (χ2v) is 4.39. The molecule has 0 aliphatic rings. The topological polar surface area (TPSA) is 53.0 Å². The largest absolute Gasteiger partial charge is 0.341 e.